The smallest absolute Gasteiger partial charge is 0.664 e. The van der Waals surface area contributed by atoms with E-state index in [1.54, 1.807) is 0 Å². The first-order valence-electron chi connectivity index (χ1n) is 25.8. The summed E-state index contributed by atoms with van der Waals surface area (Å²) in [5.74, 6) is 0.891. The molecule has 0 aliphatic carbocycles. The number of carbonyl (C=O) groups excluding carboxylic acids is 3. The van der Waals surface area contributed by atoms with E-state index in [0.29, 0.717) is 47.1 Å². The fourth-order valence-corrected chi connectivity index (χ4v) is 10.1. The summed E-state index contributed by atoms with van der Waals surface area (Å²) in [6.07, 6.45) is 17.2. The molecule has 0 radical (unpaired) electrons. The predicted molar refractivity (Wildman–Crippen MR) is 282 cm³/mol. The van der Waals surface area contributed by atoms with E-state index in [1.807, 2.05) is 32.1 Å². The zero-order valence-electron chi connectivity index (χ0n) is 44.4. The normalized spacial score (nSPS) is 16.3. The number of aryl methyl sites for hydroxylation is 2. The topological polar surface area (TPSA) is 138 Å². The first-order valence-corrected chi connectivity index (χ1v) is 25.8. The number of ether oxygens (including phenoxy) is 2. The Kier molecular flexibility index (Phi) is 22.5. The zero-order chi connectivity index (χ0) is 49.7. The largest absolute Gasteiger partial charge is 2.00 e. The van der Waals surface area contributed by atoms with E-state index < -0.39 is 5.97 Å². The third-order valence-corrected chi connectivity index (χ3v) is 14.5. The van der Waals surface area contributed by atoms with Crippen LogP contribution in [0.25, 0.3) is 33.3 Å². The number of aromatic nitrogens is 4. The molecule has 0 saturated heterocycles. The summed E-state index contributed by atoms with van der Waals surface area (Å²) in [7, 11) is 1.37. The maximum Gasteiger partial charge on any atom is 2.00 e. The molecule has 4 atom stereocenters. The molecule has 11 heteroatoms. The molecule has 8 bridgehead atoms. The number of hydrogen-bond acceptors (Lipinski definition) is 5. The third kappa shape index (κ3) is 15.0. The second-order valence-corrected chi connectivity index (χ2v) is 20.3. The number of allylic oxidation sites excluding steroid dienone is 5. The monoisotopic (exact) mass is 954 g/mol. The summed E-state index contributed by atoms with van der Waals surface area (Å²) in [6, 6.07) is 6.16. The minimum Gasteiger partial charge on any atom is -0.664 e. The molecule has 0 saturated carbocycles. The molecule has 10 nitrogen and oxygen atoms in total. The van der Waals surface area contributed by atoms with Crippen molar-refractivity contribution in [1.82, 2.24) is 15.3 Å². The Labute approximate surface area is 430 Å². The van der Waals surface area contributed by atoms with E-state index in [9.17, 15) is 14.4 Å². The fourth-order valence-electron chi connectivity index (χ4n) is 10.1. The molecule has 2 aromatic rings. The van der Waals surface area contributed by atoms with Gasteiger partial charge in [0.2, 0.25) is 22.8 Å². The maximum absolute atomic E-state index is 14.2. The van der Waals surface area contributed by atoms with Crippen LogP contribution in [0.2, 0.25) is 0 Å². The van der Waals surface area contributed by atoms with Crippen molar-refractivity contribution in [3.05, 3.63) is 93.4 Å². The Bertz CT molecular complexity index is 2450. The summed E-state index contributed by atoms with van der Waals surface area (Å²) in [4.78, 5) is 59.0. The van der Waals surface area contributed by atoms with Crippen LogP contribution in [0.1, 0.15) is 209 Å². The number of nitrogens with zero attached hydrogens (tertiary/aromatic N) is 2. The first kappa shape index (κ1) is 57.1. The third-order valence-electron chi connectivity index (χ3n) is 14.5. The van der Waals surface area contributed by atoms with Gasteiger partial charge in [0.15, 0.2) is 0 Å². The molecule has 0 spiro atoms. The van der Waals surface area contributed by atoms with Crippen LogP contribution >= 0.6 is 0 Å². The number of fused-ring (bicyclic) bond motifs is 8. The van der Waals surface area contributed by atoms with E-state index in [2.05, 4.69) is 96.3 Å². The number of hydrogen-bond donors (Lipinski definition) is 1. The van der Waals surface area contributed by atoms with Gasteiger partial charge in [-0.1, -0.05) is 123 Å². The maximum atomic E-state index is 14.2. The number of amides is 1. The van der Waals surface area contributed by atoms with Gasteiger partial charge in [0.05, 0.1) is 19.1 Å². The van der Waals surface area contributed by atoms with E-state index in [1.165, 1.54) is 57.6 Å². The van der Waals surface area contributed by atoms with Crippen LogP contribution in [-0.2, 0) is 36.7 Å². The summed E-state index contributed by atoms with van der Waals surface area (Å²) in [5.41, 5.74) is 13.3. The van der Waals surface area contributed by atoms with E-state index >= 15 is 0 Å². The van der Waals surface area contributed by atoms with Crippen molar-refractivity contribution in [2.45, 2.75) is 178 Å². The van der Waals surface area contributed by atoms with Gasteiger partial charge in [0.1, 0.15) is 12.2 Å². The summed E-state index contributed by atoms with van der Waals surface area (Å²) < 4.78 is 11.1. The van der Waals surface area contributed by atoms with Crippen molar-refractivity contribution in [2.24, 2.45) is 17.8 Å². The molecule has 4 unspecified atom stereocenters. The number of H-pyrrole nitrogens is 2. The number of nitrogens with one attached hydrogen (secondary N) is 3. The van der Waals surface area contributed by atoms with Gasteiger partial charge in [0, 0.05) is 29.7 Å². The van der Waals surface area contributed by atoms with Gasteiger partial charge in [-0.2, -0.15) is 0 Å². The molecule has 5 rings (SSSR count). The number of carbonyl (C=O) groups is 3. The van der Waals surface area contributed by atoms with Crippen molar-refractivity contribution in [3.63, 3.8) is 0 Å². The molecule has 3 N–H and O–H groups in total. The Morgan fingerprint density at radius 2 is 1.48 bits per heavy atom. The van der Waals surface area contributed by atoms with Crippen LogP contribution in [0.5, 0.6) is 0 Å². The van der Waals surface area contributed by atoms with Gasteiger partial charge in [-0.05, 0) is 114 Å². The van der Waals surface area contributed by atoms with Crippen LogP contribution in [-0.4, -0.2) is 61.2 Å². The van der Waals surface area contributed by atoms with Crippen LogP contribution < -0.4 is 25.3 Å². The van der Waals surface area contributed by atoms with Gasteiger partial charge >= 0.3 is 35.0 Å². The van der Waals surface area contributed by atoms with Gasteiger partial charge in [-0.15, -0.1) is 22.4 Å². The van der Waals surface area contributed by atoms with Crippen molar-refractivity contribution in [2.75, 3.05) is 20.3 Å². The number of rotatable bonds is 24. The quantitative estimate of drug-likeness (QED) is 0.0628. The Balaban J connectivity index is 0.0000104. The van der Waals surface area contributed by atoms with E-state index in [-0.39, 0.29) is 66.2 Å². The summed E-state index contributed by atoms with van der Waals surface area (Å²) in [6.45, 7) is 28.8. The molecular formula is C58H83MgN5O5+2. The number of esters is 2. The minimum absolute atomic E-state index is 0. The van der Waals surface area contributed by atoms with Crippen LogP contribution in [0.3, 0.4) is 0 Å². The number of methoxy groups -OCH3 is 1. The van der Waals surface area contributed by atoms with Crippen molar-refractivity contribution in [3.8, 4) is 0 Å². The molecule has 1 amide bonds. The molecule has 0 aromatic carbocycles. The first-order chi connectivity index (χ1) is 32.5. The molecule has 0 fully saturated rings. The zero-order valence-corrected chi connectivity index (χ0v) is 45.9. The van der Waals surface area contributed by atoms with Gasteiger partial charge in [-0.3, -0.25) is 14.4 Å². The van der Waals surface area contributed by atoms with Crippen LogP contribution in [0, 0.1) is 24.7 Å². The second kappa shape index (κ2) is 27.2. The SMILES string of the molecule is C=CC1=C(C)c2cc3[n-]c(c(CC(=O)OC)c4[nH+]c(cc5[n-]c(cc1[nH+]2)c(C)c5CC)C(C)=C4C(=O)NCCC)C(CCC(=O)OC/C=C(\C)CCCC(C)CCCC(C)CCCC(C)C)C3C.[Mg+2]. The standard InChI is InChI=1S/C58H82N5O5.Mg/c1-14-29-59-58(66)55-42(12)50-34-52-44(16-3)40(10)48(61-52)33-51-43(15-2)39(9)47(60-51)32-49-41(11)45(56(62-49)46(57(55)63-50)31-54(65)67-13)26-27-53(64)68-30-28-38(8)25-19-24-37(7)23-18-22-36(6)21-17-20-35(4)5;/h15,28,32-37,41,45H,2,14,16-27,29-31H2,1,3-13H3,(H2-,59,60,61,62,63,66);/q-1;+2/p+1/b38-28+;. The number of aromatic amines is 2. The molecule has 69 heavy (non-hydrogen) atoms. The Morgan fingerprint density at radius 1 is 0.826 bits per heavy atom. The van der Waals surface area contributed by atoms with Crippen LogP contribution in [0.4, 0.5) is 0 Å². The Morgan fingerprint density at radius 3 is 2.12 bits per heavy atom. The Hall–Kier alpha value is -4.48. The van der Waals surface area contributed by atoms with Crippen LogP contribution in [0.15, 0.2) is 42.5 Å². The van der Waals surface area contributed by atoms with Gasteiger partial charge in [0.25, 0.3) is 5.91 Å². The summed E-state index contributed by atoms with van der Waals surface area (Å²) >= 11 is 0. The molecule has 2 aromatic heterocycles. The van der Waals surface area contributed by atoms with E-state index in [0.717, 1.165) is 93.5 Å². The van der Waals surface area contributed by atoms with Gasteiger partial charge in [-0.25, -0.2) is 9.97 Å². The van der Waals surface area contributed by atoms with Crippen molar-refractivity contribution in [1.29, 1.82) is 0 Å². The molecule has 3 aliphatic heterocycles. The average molecular weight is 955 g/mol. The second-order valence-electron chi connectivity index (χ2n) is 20.3. The summed E-state index contributed by atoms with van der Waals surface area (Å²) in [5, 5.41) is 3.09. The van der Waals surface area contributed by atoms with E-state index in [4.69, 9.17) is 19.4 Å². The molecule has 3 aliphatic rings. The fraction of sp³-hybridized carbons (Fsp3) is 0.569. The molecule has 5 heterocycles. The molecule has 370 valence electrons. The predicted octanol–water partition coefficient (Wildman–Crippen LogP) is 11.5. The van der Waals surface area contributed by atoms with Crippen molar-refractivity contribution < 1.29 is 33.8 Å². The minimum atomic E-state index is -0.463. The molecular weight excluding hydrogens is 871 g/mol. The van der Waals surface area contributed by atoms with Gasteiger partial charge < -0.3 is 24.8 Å². The average Bonchev–Trinajstić information content (AvgIpc) is 3.98. The van der Waals surface area contributed by atoms with Crippen molar-refractivity contribution >= 4 is 74.2 Å².